The van der Waals surface area contributed by atoms with Crippen molar-refractivity contribution >= 4 is 35.0 Å². The van der Waals surface area contributed by atoms with E-state index < -0.39 is 40.8 Å². The topological polar surface area (TPSA) is 97.8 Å². The molecule has 1 aliphatic carbocycles. The van der Waals surface area contributed by atoms with Gasteiger partial charge in [0.15, 0.2) is 11.6 Å². The van der Waals surface area contributed by atoms with E-state index in [1.54, 1.807) is 97.9 Å². The number of hydrogen-bond acceptors (Lipinski definition) is 6. The summed E-state index contributed by atoms with van der Waals surface area (Å²) in [5.41, 5.74) is -0.0914. The van der Waals surface area contributed by atoms with E-state index in [1.165, 1.54) is 6.92 Å². The van der Waals surface area contributed by atoms with Gasteiger partial charge >= 0.3 is 5.97 Å². The summed E-state index contributed by atoms with van der Waals surface area (Å²) in [5.74, 6) is -4.85. The van der Waals surface area contributed by atoms with Gasteiger partial charge in [-0.05, 0) is 18.6 Å². The van der Waals surface area contributed by atoms with Crippen LogP contribution >= 0.6 is 0 Å². The molecule has 2 amide bonds. The Morgan fingerprint density at radius 3 is 2.05 bits per heavy atom. The summed E-state index contributed by atoms with van der Waals surface area (Å²) < 4.78 is 5.45. The summed E-state index contributed by atoms with van der Waals surface area (Å²) in [4.78, 5) is 69.4. The smallest absolute Gasteiger partial charge is 0.315 e. The number of carbonyl (C=O) groups excluding carboxylic acids is 5. The number of Topliss-reactive ketones (excluding diaryl/α,β-unsaturated/α-hetero) is 2. The second-order valence-corrected chi connectivity index (χ2v) is 9.65. The van der Waals surface area contributed by atoms with Crippen molar-refractivity contribution in [1.82, 2.24) is 0 Å². The molecule has 1 heterocycles. The molecule has 1 spiro atoms. The van der Waals surface area contributed by atoms with Gasteiger partial charge < -0.3 is 4.74 Å². The number of ether oxygens (including phenoxy) is 1. The van der Waals surface area contributed by atoms with Crippen LogP contribution in [0.5, 0.6) is 0 Å². The van der Waals surface area contributed by atoms with Crippen molar-refractivity contribution in [3.05, 3.63) is 113 Å². The van der Waals surface area contributed by atoms with Gasteiger partial charge in [0.2, 0.25) is 11.8 Å². The molecule has 3 atom stereocenters. The number of nitrogens with zero attached hydrogens (tertiary/aromatic N) is 1. The summed E-state index contributed by atoms with van der Waals surface area (Å²) in [7, 11) is 0. The molecule has 7 nitrogen and oxygen atoms in total. The number of carbonyl (C=O) groups is 5. The minimum absolute atomic E-state index is 0.0259. The molecule has 0 aromatic heterocycles. The summed E-state index contributed by atoms with van der Waals surface area (Å²) in [6.07, 6.45) is 1.42. The molecule has 0 unspecified atom stereocenters. The maximum absolute atomic E-state index is 14.4. The molecule has 0 fully saturated rings. The molecule has 3 aromatic carbocycles. The van der Waals surface area contributed by atoms with Gasteiger partial charge in [-0.15, -0.1) is 0 Å². The van der Waals surface area contributed by atoms with E-state index in [4.69, 9.17) is 4.74 Å². The van der Waals surface area contributed by atoms with Gasteiger partial charge in [0.05, 0.1) is 12.3 Å². The highest BCUT2D eigenvalue weighted by molar-refractivity contribution is 6.26. The average molecular weight is 522 g/mol. The van der Waals surface area contributed by atoms with Gasteiger partial charge in [-0.1, -0.05) is 84.9 Å². The molecule has 0 bridgehead atoms. The van der Waals surface area contributed by atoms with Crippen LogP contribution in [0.3, 0.4) is 0 Å². The summed E-state index contributed by atoms with van der Waals surface area (Å²) in [5, 5.41) is 0. The zero-order valence-electron chi connectivity index (χ0n) is 21.6. The quantitative estimate of drug-likeness (QED) is 0.330. The highest BCUT2D eigenvalue weighted by atomic mass is 16.5. The predicted octanol–water partition coefficient (Wildman–Crippen LogP) is 4.71. The Kier molecular flexibility index (Phi) is 6.83. The van der Waals surface area contributed by atoms with Gasteiger partial charge in [-0.2, -0.15) is 0 Å². The largest absolute Gasteiger partial charge is 0.465 e. The van der Waals surface area contributed by atoms with E-state index in [0.29, 0.717) is 22.4 Å². The Bertz CT molecular complexity index is 1510. The number of anilines is 1. The van der Waals surface area contributed by atoms with Crippen LogP contribution in [0.25, 0.3) is 0 Å². The number of para-hydroxylation sites is 1. The van der Waals surface area contributed by atoms with Crippen molar-refractivity contribution in [2.45, 2.75) is 25.7 Å². The first-order valence-corrected chi connectivity index (χ1v) is 12.8. The molecule has 7 heteroatoms. The molecule has 39 heavy (non-hydrogen) atoms. The van der Waals surface area contributed by atoms with Crippen molar-refractivity contribution in [2.24, 2.45) is 11.8 Å². The maximum Gasteiger partial charge on any atom is 0.315 e. The van der Waals surface area contributed by atoms with Crippen LogP contribution in [-0.2, 0) is 24.5 Å². The molecule has 0 N–H and O–H groups in total. The Labute approximate surface area is 226 Å². The van der Waals surface area contributed by atoms with Crippen molar-refractivity contribution in [2.75, 3.05) is 11.5 Å². The fourth-order valence-electron chi connectivity index (χ4n) is 5.94. The summed E-state index contributed by atoms with van der Waals surface area (Å²) >= 11 is 0. The lowest BCUT2D eigenvalue weighted by Crippen LogP contribution is -2.52. The third-order valence-corrected chi connectivity index (χ3v) is 7.52. The number of allylic oxidation sites excluding steroid dienone is 1. The number of amides is 2. The Hall–Kier alpha value is -4.65. The van der Waals surface area contributed by atoms with E-state index in [0.717, 1.165) is 4.90 Å². The zero-order valence-corrected chi connectivity index (χ0v) is 21.6. The van der Waals surface area contributed by atoms with Crippen LogP contribution in [0.2, 0.25) is 0 Å². The third kappa shape index (κ3) is 4.11. The van der Waals surface area contributed by atoms with E-state index in [-0.39, 0.29) is 24.4 Å². The fraction of sp³-hybridized carbons (Fsp3) is 0.219. The normalized spacial score (nSPS) is 21.4. The van der Waals surface area contributed by atoms with Crippen LogP contribution in [0.4, 0.5) is 5.69 Å². The summed E-state index contributed by atoms with van der Waals surface area (Å²) in [6, 6.07) is 23.8. The van der Waals surface area contributed by atoms with Crippen LogP contribution in [0.15, 0.2) is 96.6 Å². The number of fused-ring (bicyclic) bond motifs is 2. The number of benzene rings is 3. The van der Waals surface area contributed by atoms with Crippen molar-refractivity contribution in [1.29, 1.82) is 0 Å². The van der Waals surface area contributed by atoms with Gasteiger partial charge in [0.1, 0.15) is 11.3 Å². The second-order valence-electron chi connectivity index (χ2n) is 9.65. The predicted molar refractivity (Wildman–Crippen MR) is 144 cm³/mol. The van der Waals surface area contributed by atoms with Crippen molar-refractivity contribution < 1.29 is 28.7 Å². The number of rotatable bonds is 7. The number of ketones is 2. The van der Waals surface area contributed by atoms with Gasteiger partial charge in [-0.25, -0.2) is 4.90 Å². The Morgan fingerprint density at radius 1 is 0.846 bits per heavy atom. The summed E-state index contributed by atoms with van der Waals surface area (Å²) in [6.45, 7) is 2.94. The molecule has 0 saturated heterocycles. The molecule has 0 radical (unpaired) electrons. The van der Waals surface area contributed by atoms with E-state index >= 15 is 0 Å². The minimum Gasteiger partial charge on any atom is -0.465 e. The van der Waals surface area contributed by atoms with Gasteiger partial charge in [-0.3, -0.25) is 24.0 Å². The van der Waals surface area contributed by atoms with Gasteiger partial charge in [0.25, 0.3) is 0 Å². The first-order chi connectivity index (χ1) is 18.8. The number of imide groups is 1. The highest BCUT2D eigenvalue weighted by Crippen LogP contribution is 2.58. The zero-order chi connectivity index (χ0) is 27.7. The Morgan fingerprint density at radius 2 is 1.44 bits per heavy atom. The van der Waals surface area contributed by atoms with Crippen molar-refractivity contribution in [3.8, 4) is 0 Å². The van der Waals surface area contributed by atoms with Crippen LogP contribution in [-0.4, -0.2) is 36.0 Å². The molecule has 3 aromatic rings. The van der Waals surface area contributed by atoms with Crippen LogP contribution in [0, 0.1) is 11.8 Å². The lowest BCUT2D eigenvalue weighted by Gasteiger charge is -2.35. The average Bonchev–Trinajstić information content (AvgIpc) is 3.42. The molecule has 0 saturated carbocycles. The maximum atomic E-state index is 14.4. The van der Waals surface area contributed by atoms with E-state index in [2.05, 4.69) is 0 Å². The molecule has 2 aliphatic rings. The fourth-order valence-corrected chi connectivity index (χ4v) is 5.94. The minimum atomic E-state index is -1.71. The second kappa shape index (κ2) is 10.3. The molecule has 5 rings (SSSR count). The van der Waals surface area contributed by atoms with E-state index in [1.807, 2.05) is 0 Å². The molecular weight excluding hydrogens is 494 g/mol. The van der Waals surface area contributed by atoms with Crippen molar-refractivity contribution in [3.63, 3.8) is 0 Å². The first-order valence-electron chi connectivity index (χ1n) is 12.8. The SMILES string of the molecule is CCOC(=O)[C@H]1C(C(=O)c2ccccc2)=C[C@@H](CC(=O)c2ccccc2)[C@@]12C(=O)N(C(C)=O)c1ccccc12. The lowest BCUT2D eigenvalue weighted by molar-refractivity contribution is -0.152. The standard InChI is InChI=1S/C32H27NO6/c1-3-39-30(37)28-24(29(36)22-14-8-5-9-15-22)18-23(19-27(35)21-12-6-4-7-13-21)32(28)25-16-10-11-17-26(25)33(20(2)34)31(32)38/h4-18,23,28H,3,19H2,1-2H3/t23-,28+,32-/m0/s1. The third-order valence-electron chi connectivity index (χ3n) is 7.52. The van der Waals surface area contributed by atoms with E-state index in [9.17, 15) is 24.0 Å². The van der Waals surface area contributed by atoms with Crippen LogP contribution < -0.4 is 4.90 Å². The number of hydrogen-bond donors (Lipinski definition) is 0. The number of esters is 1. The van der Waals surface area contributed by atoms with Crippen LogP contribution in [0.1, 0.15) is 46.5 Å². The Balaban J connectivity index is 1.75. The molecule has 1 aliphatic heterocycles. The molecular formula is C32H27NO6. The first kappa shape index (κ1) is 26.0. The highest BCUT2D eigenvalue weighted by Gasteiger charge is 2.67. The monoisotopic (exact) mass is 521 g/mol. The van der Waals surface area contributed by atoms with Gasteiger partial charge in [0, 0.05) is 36.0 Å². The lowest BCUT2D eigenvalue weighted by atomic mass is 9.64. The molecule has 196 valence electrons.